The first-order chi connectivity index (χ1) is 8.76. The second-order valence-electron chi connectivity index (χ2n) is 3.14. The Hall–Kier alpha value is -1.52. The molecule has 1 rings (SSSR count). The summed E-state index contributed by atoms with van der Waals surface area (Å²) in [7, 11) is 1.61. The molecule has 8 heteroatoms. The van der Waals surface area contributed by atoms with E-state index in [-0.39, 0.29) is 0 Å². The van der Waals surface area contributed by atoms with Crippen LogP contribution in [0.1, 0.15) is 5.69 Å². The lowest BCUT2D eigenvalue weighted by Gasteiger charge is -2.06. The zero-order valence-electron chi connectivity index (χ0n) is 9.85. The molecule has 0 aromatic carbocycles. The van der Waals surface area contributed by atoms with Gasteiger partial charge in [-0.05, 0) is 12.1 Å². The Morgan fingerprint density at radius 1 is 1.56 bits per heavy atom. The number of guanidine groups is 1. The minimum atomic E-state index is 0.400. The number of nitrogens with zero attached hydrogens (tertiary/aromatic N) is 4. The van der Waals surface area contributed by atoms with E-state index < -0.39 is 0 Å². The molecule has 0 spiro atoms. The van der Waals surface area contributed by atoms with E-state index in [0.717, 1.165) is 17.2 Å². The van der Waals surface area contributed by atoms with E-state index in [1.165, 1.54) is 0 Å². The molecule has 0 bridgehead atoms. The molecule has 96 valence electrons. The van der Waals surface area contributed by atoms with E-state index >= 15 is 0 Å². The van der Waals surface area contributed by atoms with E-state index in [1.807, 2.05) is 12.3 Å². The van der Waals surface area contributed by atoms with E-state index in [1.54, 1.807) is 24.9 Å². The Balaban J connectivity index is 2.16. The van der Waals surface area contributed by atoms with Gasteiger partial charge in [0.1, 0.15) is 0 Å². The average Bonchev–Trinajstić information content (AvgIpc) is 2.39. The standard InChI is InChI=1S/C10H13ClN6S/c1-13-10(15-7-12)14-4-5-18-6-8-2-3-9(11)17-16-8/h2-3H,4-6H2,1H3,(H2,13,14,15). The topological polar surface area (TPSA) is 86.0 Å². The number of thioether (sulfide) groups is 1. The SMILES string of the molecule is C/N=C(\NC#N)NCCSCc1ccc(Cl)nn1. The molecule has 2 N–H and O–H groups in total. The van der Waals surface area contributed by atoms with Crippen LogP contribution in [-0.2, 0) is 5.75 Å². The molecule has 0 saturated heterocycles. The molecule has 1 heterocycles. The van der Waals surface area contributed by atoms with Crippen molar-refractivity contribution in [2.24, 2.45) is 4.99 Å². The zero-order valence-corrected chi connectivity index (χ0v) is 11.4. The summed E-state index contributed by atoms with van der Waals surface area (Å²) in [4.78, 5) is 3.87. The largest absolute Gasteiger partial charge is 0.355 e. The van der Waals surface area contributed by atoms with Crippen molar-refractivity contribution in [2.45, 2.75) is 5.75 Å². The van der Waals surface area contributed by atoms with Crippen LogP contribution in [0.25, 0.3) is 0 Å². The van der Waals surface area contributed by atoms with Crippen molar-refractivity contribution in [1.82, 2.24) is 20.8 Å². The van der Waals surface area contributed by atoms with E-state index in [0.29, 0.717) is 17.7 Å². The first-order valence-electron chi connectivity index (χ1n) is 5.18. The van der Waals surface area contributed by atoms with Crippen LogP contribution in [0.5, 0.6) is 0 Å². The molecular weight excluding hydrogens is 272 g/mol. The summed E-state index contributed by atoms with van der Waals surface area (Å²) in [5.74, 6) is 2.12. The summed E-state index contributed by atoms with van der Waals surface area (Å²) in [5.41, 5.74) is 0.893. The summed E-state index contributed by atoms with van der Waals surface area (Å²) in [6, 6.07) is 3.58. The number of hydrogen-bond donors (Lipinski definition) is 2. The van der Waals surface area contributed by atoms with Crippen LogP contribution in [0.2, 0.25) is 5.15 Å². The number of nitriles is 1. The van der Waals surface area contributed by atoms with Crippen LogP contribution < -0.4 is 10.6 Å². The van der Waals surface area contributed by atoms with Gasteiger partial charge in [-0.15, -0.1) is 5.10 Å². The molecule has 0 fully saturated rings. The average molecular weight is 285 g/mol. The Morgan fingerprint density at radius 2 is 2.39 bits per heavy atom. The van der Waals surface area contributed by atoms with Gasteiger partial charge < -0.3 is 5.32 Å². The Morgan fingerprint density at radius 3 is 3.00 bits per heavy atom. The molecule has 0 aliphatic heterocycles. The molecule has 0 unspecified atom stereocenters. The minimum absolute atomic E-state index is 0.400. The second-order valence-corrected chi connectivity index (χ2v) is 4.63. The van der Waals surface area contributed by atoms with Crippen molar-refractivity contribution in [3.63, 3.8) is 0 Å². The van der Waals surface area contributed by atoms with Gasteiger partial charge in [-0.2, -0.15) is 22.1 Å². The van der Waals surface area contributed by atoms with Gasteiger partial charge in [0, 0.05) is 25.1 Å². The third-order valence-corrected chi connectivity index (χ3v) is 3.07. The van der Waals surface area contributed by atoms with Crippen molar-refractivity contribution in [2.75, 3.05) is 19.3 Å². The normalized spacial score (nSPS) is 10.8. The summed E-state index contributed by atoms with van der Waals surface area (Å²) in [6.45, 7) is 0.715. The van der Waals surface area contributed by atoms with Gasteiger partial charge in [-0.25, -0.2) is 0 Å². The highest BCUT2D eigenvalue weighted by Gasteiger charge is 1.98. The van der Waals surface area contributed by atoms with E-state index in [2.05, 4.69) is 25.8 Å². The fourth-order valence-electron chi connectivity index (χ4n) is 1.07. The second kappa shape index (κ2) is 8.55. The lowest BCUT2D eigenvalue weighted by atomic mass is 10.4. The van der Waals surface area contributed by atoms with Crippen molar-refractivity contribution in [1.29, 1.82) is 5.26 Å². The molecule has 6 nitrogen and oxygen atoms in total. The number of rotatable bonds is 5. The molecule has 1 aromatic heterocycles. The third kappa shape index (κ3) is 5.70. The van der Waals surface area contributed by atoms with Gasteiger partial charge >= 0.3 is 0 Å². The zero-order chi connectivity index (χ0) is 13.2. The van der Waals surface area contributed by atoms with Crippen LogP contribution in [0.15, 0.2) is 17.1 Å². The van der Waals surface area contributed by atoms with Gasteiger partial charge in [0.2, 0.25) is 5.96 Å². The maximum Gasteiger partial charge on any atom is 0.204 e. The number of hydrogen-bond acceptors (Lipinski definition) is 5. The van der Waals surface area contributed by atoms with Crippen LogP contribution in [0, 0.1) is 11.5 Å². The number of nitrogens with one attached hydrogen (secondary N) is 2. The maximum atomic E-state index is 8.43. The predicted octanol–water partition coefficient (Wildman–Crippen LogP) is 1.01. The van der Waals surface area contributed by atoms with Crippen LogP contribution in [0.3, 0.4) is 0 Å². The molecule has 18 heavy (non-hydrogen) atoms. The van der Waals surface area contributed by atoms with Gasteiger partial charge in [0.05, 0.1) is 5.69 Å². The molecule has 1 aromatic rings. The molecule has 0 aliphatic carbocycles. The third-order valence-electron chi connectivity index (χ3n) is 1.87. The molecule has 0 amide bonds. The number of aromatic nitrogens is 2. The number of aliphatic imine (C=N–C) groups is 1. The van der Waals surface area contributed by atoms with Crippen LogP contribution in [-0.4, -0.2) is 35.5 Å². The summed E-state index contributed by atoms with van der Waals surface area (Å²) >= 11 is 7.35. The van der Waals surface area contributed by atoms with Crippen molar-refractivity contribution in [3.8, 4) is 6.19 Å². The first-order valence-corrected chi connectivity index (χ1v) is 6.71. The molecule has 0 saturated carbocycles. The highest BCUT2D eigenvalue weighted by atomic mass is 35.5. The van der Waals surface area contributed by atoms with Gasteiger partial charge in [0.25, 0.3) is 0 Å². The van der Waals surface area contributed by atoms with Crippen molar-refractivity contribution < 1.29 is 0 Å². The summed E-state index contributed by atoms with van der Waals surface area (Å²) in [6.07, 6.45) is 1.81. The lowest BCUT2D eigenvalue weighted by Crippen LogP contribution is -2.35. The fraction of sp³-hybridized carbons (Fsp3) is 0.400. The van der Waals surface area contributed by atoms with Crippen molar-refractivity contribution in [3.05, 3.63) is 23.0 Å². The van der Waals surface area contributed by atoms with E-state index in [9.17, 15) is 0 Å². The number of halogens is 1. The quantitative estimate of drug-likeness (QED) is 0.276. The Kier molecular flexibility index (Phi) is 6.91. The Bertz CT molecular complexity index is 427. The van der Waals surface area contributed by atoms with E-state index in [4.69, 9.17) is 16.9 Å². The smallest absolute Gasteiger partial charge is 0.204 e. The van der Waals surface area contributed by atoms with Gasteiger partial charge in [-0.1, -0.05) is 11.6 Å². The molecule has 0 aliphatic rings. The molecule has 0 atom stereocenters. The summed E-state index contributed by atoms with van der Waals surface area (Å²) < 4.78 is 0. The molecule has 0 radical (unpaired) electrons. The monoisotopic (exact) mass is 284 g/mol. The lowest BCUT2D eigenvalue weighted by molar-refractivity contribution is 0.928. The highest BCUT2D eigenvalue weighted by Crippen LogP contribution is 2.10. The van der Waals surface area contributed by atoms with Crippen molar-refractivity contribution >= 4 is 29.3 Å². The highest BCUT2D eigenvalue weighted by molar-refractivity contribution is 7.98. The minimum Gasteiger partial charge on any atom is -0.355 e. The predicted molar refractivity (Wildman–Crippen MR) is 73.3 cm³/mol. The maximum absolute atomic E-state index is 8.43. The Labute approximate surface area is 115 Å². The van der Waals surface area contributed by atoms with Crippen LogP contribution >= 0.6 is 23.4 Å². The first kappa shape index (κ1) is 14.5. The molecular formula is C10H13ClN6S. The van der Waals surface area contributed by atoms with Gasteiger partial charge in [-0.3, -0.25) is 10.3 Å². The van der Waals surface area contributed by atoms with Gasteiger partial charge in [0.15, 0.2) is 11.3 Å². The van der Waals surface area contributed by atoms with Crippen LogP contribution in [0.4, 0.5) is 0 Å². The summed E-state index contributed by atoms with van der Waals surface area (Å²) in [5, 5.41) is 22.0. The fourth-order valence-corrected chi connectivity index (χ4v) is 1.93.